The van der Waals surface area contributed by atoms with Crippen LogP contribution in [0.3, 0.4) is 0 Å². The Morgan fingerprint density at radius 1 is 1.35 bits per heavy atom. The number of amides is 1. The Labute approximate surface area is 117 Å². The molecule has 0 radical (unpaired) electrons. The average Bonchev–Trinajstić information content (AvgIpc) is 2.21. The number of rotatable bonds is 5. The number of ether oxygens (including phenoxy) is 1. The van der Waals surface area contributed by atoms with E-state index < -0.39 is 30.0 Å². The molecule has 1 rings (SSSR count). The smallest absolute Gasteiger partial charge is 0.410 e. The van der Waals surface area contributed by atoms with Gasteiger partial charge in [-0.3, -0.25) is 9.69 Å². The van der Waals surface area contributed by atoms with Gasteiger partial charge in [0.1, 0.15) is 0 Å². The van der Waals surface area contributed by atoms with Crippen molar-refractivity contribution in [1.82, 2.24) is 4.90 Å². The highest BCUT2D eigenvalue weighted by atomic mass is 16.6. The summed E-state index contributed by atoms with van der Waals surface area (Å²) in [5.74, 6) is -2.85. The van der Waals surface area contributed by atoms with Gasteiger partial charge in [0.15, 0.2) is 0 Å². The molecule has 1 N–H and O–H groups in total. The number of aliphatic carboxylic acids is 2. The van der Waals surface area contributed by atoms with Crippen LogP contribution in [-0.2, 0) is 14.3 Å². The first-order chi connectivity index (χ1) is 9.08. The van der Waals surface area contributed by atoms with Crippen molar-refractivity contribution in [3.63, 3.8) is 0 Å². The molecule has 1 aliphatic rings. The first kappa shape index (κ1) is 16.3. The van der Waals surface area contributed by atoms with Crippen molar-refractivity contribution in [2.24, 2.45) is 5.41 Å². The van der Waals surface area contributed by atoms with Crippen LogP contribution in [0, 0.1) is 5.41 Å². The molecule has 0 saturated carbocycles. The topological polar surface area (TPSA) is 107 Å². The maximum atomic E-state index is 11.8. The van der Waals surface area contributed by atoms with Crippen molar-refractivity contribution in [2.75, 3.05) is 13.2 Å². The predicted molar refractivity (Wildman–Crippen MR) is 66.7 cm³/mol. The first-order valence-corrected chi connectivity index (χ1v) is 6.46. The number of carbonyl (C=O) groups excluding carboxylic acids is 2. The van der Waals surface area contributed by atoms with Gasteiger partial charge >= 0.3 is 12.1 Å². The van der Waals surface area contributed by atoms with Crippen LogP contribution in [0.4, 0.5) is 4.79 Å². The van der Waals surface area contributed by atoms with Crippen LogP contribution < -0.4 is 5.11 Å². The highest BCUT2D eigenvalue weighted by Crippen LogP contribution is 2.34. The van der Waals surface area contributed by atoms with E-state index in [-0.39, 0.29) is 25.0 Å². The lowest BCUT2D eigenvalue weighted by Gasteiger charge is -2.51. The summed E-state index contributed by atoms with van der Waals surface area (Å²) in [6.07, 6.45) is -0.783. The normalized spacial score (nSPS) is 22.1. The van der Waals surface area contributed by atoms with Gasteiger partial charge in [0, 0.05) is 6.54 Å². The molecule has 1 aliphatic heterocycles. The zero-order valence-electron chi connectivity index (χ0n) is 12.0. The van der Waals surface area contributed by atoms with Crippen LogP contribution in [-0.4, -0.2) is 46.7 Å². The van der Waals surface area contributed by atoms with Gasteiger partial charge in [-0.2, -0.15) is 0 Å². The molecule has 7 heteroatoms. The Balaban J connectivity index is 2.63. The van der Waals surface area contributed by atoms with Gasteiger partial charge in [-0.25, -0.2) is 4.79 Å². The molecule has 1 heterocycles. The molecule has 114 valence electrons. The third-order valence-corrected chi connectivity index (χ3v) is 3.39. The third kappa shape index (κ3) is 3.61. The summed E-state index contributed by atoms with van der Waals surface area (Å²) < 4.78 is 5.01. The number of hydrogen-bond donors (Lipinski definition) is 1. The summed E-state index contributed by atoms with van der Waals surface area (Å²) in [6.45, 7) is 6.28. The van der Waals surface area contributed by atoms with Crippen molar-refractivity contribution >= 4 is 18.0 Å². The van der Waals surface area contributed by atoms with Crippen molar-refractivity contribution in [3.05, 3.63) is 0 Å². The molecule has 1 amide bonds. The summed E-state index contributed by atoms with van der Waals surface area (Å²) in [6, 6.07) is 0. The van der Waals surface area contributed by atoms with E-state index >= 15 is 0 Å². The Bertz CT molecular complexity index is 414. The van der Waals surface area contributed by atoms with Gasteiger partial charge in [0.2, 0.25) is 0 Å². The SMILES string of the molecule is CC(C)(C)CCOC(=O)N1CC[C@]1(CC(=O)O)C(=O)[O-]. The molecule has 1 fully saturated rings. The van der Waals surface area contributed by atoms with E-state index in [1.54, 1.807) is 0 Å². The molecule has 0 aromatic heterocycles. The van der Waals surface area contributed by atoms with Crippen LogP contribution >= 0.6 is 0 Å². The minimum absolute atomic E-state index is 0.0122. The standard InChI is InChI=1S/C13H21NO6/c1-12(2,3)5-7-20-11(19)14-6-4-13(14,10(17)18)8-9(15)16/h4-8H2,1-3H3,(H,15,16)(H,17,18)/p-1/t13-/m0/s1. The van der Waals surface area contributed by atoms with E-state index in [0.29, 0.717) is 6.42 Å². The molecule has 1 atom stereocenters. The van der Waals surface area contributed by atoms with E-state index in [2.05, 4.69) is 0 Å². The molecule has 20 heavy (non-hydrogen) atoms. The van der Waals surface area contributed by atoms with Gasteiger partial charge in [-0.1, -0.05) is 20.8 Å². The predicted octanol–water partition coefficient (Wildman–Crippen LogP) is 0.228. The fourth-order valence-corrected chi connectivity index (χ4v) is 2.00. The summed E-state index contributed by atoms with van der Waals surface area (Å²) in [4.78, 5) is 34.7. The lowest BCUT2D eigenvalue weighted by atomic mass is 9.82. The van der Waals surface area contributed by atoms with Crippen molar-refractivity contribution < 1.29 is 29.3 Å². The van der Waals surface area contributed by atoms with Crippen LogP contribution in [0.25, 0.3) is 0 Å². The molecule has 0 aromatic carbocycles. The summed E-state index contributed by atoms with van der Waals surface area (Å²) >= 11 is 0. The molecule has 1 saturated heterocycles. The molecule has 0 aliphatic carbocycles. The molecule has 0 aromatic rings. The molecular weight excluding hydrogens is 266 g/mol. The Hall–Kier alpha value is -1.79. The number of hydrogen-bond acceptors (Lipinski definition) is 5. The number of carboxylic acid groups (broad SMARTS) is 2. The van der Waals surface area contributed by atoms with Crippen LogP contribution in [0.5, 0.6) is 0 Å². The quantitative estimate of drug-likeness (QED) is 0.775. The van der Waals surface area contributed by atoms with Crippen molar-refractivity contribution in [2.45, 2.75) is 45.6 Å². The fourth-order valence-electron chi connectivity index (χ4n) is 2.00. The van der Waals surface area contributed by atoms with Crippen LogP contribution in [0.15, 0.2) is 0 Å². The highest BCUT2D eigenvalue weighted by Gasteiger charge is 2.51. The molecule has 7 nitrogen and oxygen atoms in total. The van der Waals surface area contributed by atoms with Crippen LogP contribution in [0.1, 0.15) is 40.0 Å². The summed E-state index contributed by atoms with van der Waals surface area (Å²) in [5.41, 5.74) is -1.79. The number of carbonyl (C=O) groups is 3. The second-order valence-electron chi connectivity index (χ2n) is 6.22. The average molecular weight is 286 g/mol. The van der Waals surface area contributed by atoms with E-state index in [4.69, 9.17) is 9.84 Å². The first-order valence-electron chi connectivity index (χ1n) is 6.46. The van der Waals surface area contributed by atoms with Crippen LogP contribution in [0.2, 0.25) is 0 Å². The Morgan fingerprint density at radius 2 is 1.95 bits per heavy atom. The number of nitrogens with zero attached hydrogens (tertiary/aromatic N) is 1. The number of likely N-dealkylation sites (tertiary alicyclic amines) is 1. The minimum Gasteiger partial charge on any atom is -0.548 e. The largest absolute Gasteiger partial charge is 0.548 e. The van der Waals surface area contributed by atoms with Gasteiger partial charge in [0.05, 0.1) is 24.5 Å². The molecular formula is C13H20NO6-. The fraction of sp³-hybridized carbons (Fsp3) is 0.769. The highest BCUT2D eigenvalue weighted by molar-refractivity contribution is 5.89. The molecule has 0 bridgehead atoms. The zero-order valence-corrected chi connectivity index (χ0v) is 12.0. The minimum atomic E-state index is -1.77. The second-order valence-corrected chi connectivity index (χ2v) is 6.22. The van der Waals surface area contributed by atoms with E-state index in [0.717, 1.165) is 4.90 Å². The van der Waals surface area contributed by atoms with Gasteiger partial charge in [-0.05, 0) is 18.3 Å². The lowest BCUT2D eigenvalue weighted by Crippen LogP contribution is -2.70. The van der Waals surface area contributed by atoms with Crippen molar-refractivity contribution in [1.29, 1.82) is 0 Å². The van der Waals surface area contributed by atoms with E-state index in [1.165, 1.54) is 0 Å². The van der Waals surface area contributed by atoms with Crippen molar-refractivity contribution in [3.8, 4) is 0 Å². The van der Waals surface area contributed by atoms with Gasteiger partial charge in [-0.15, -0.1) is 0 Å². The van der Waals surface area contributed by atoms with Gasteiger partial charge in [0.25, 0.3) is 0 Å². The lowest BCUT2D eigenvalue weighted by molar-refractivity contribution is -0.324. The maximum absolute atomic E-state index is 11.8. The summed E-state index contributed by atoms with van der Waals surface area (Å²) in [7, 11) is 0. The zero-order chi connectivity index (χ0) is 15.6. The van der Waals surface area contributed by atoms with E-state index in [9.17, 15) is 19.5 Å². The monoisotopic (exact) mass is 286 g/mol. The maximum Gasteiger partial charge on any atom is 0.410 e. The third-order valence-electron chi connectivity index (χ3n) is 3.39. The van der Waals surface area contributed by atoms with Gasteiger partial charge < -0.3 is 19.7 Å². The Kier molecular flexibility index (Phi) is 4.62. The summed E-state index contributed by atoms with van der Waals surface area (Å²) in [5, 5.41) is 19.9. The molecule has 0 unspecified atom stereocenters. The number of carboxylic acids is 2. The molecule has 0 spiro atoms. The second kappa shape index (κ2) is 5.68. The Morgan fingerprint density at radius 3 is 2.30 bits per heavy atom. The van der Waals surface area contributed by atoms with E-state index in [1.807, 2.05) is 20.8 Å².